The Balaban J connectivity index is 2.70. The van der Waals surface area contributed by atoms with Crippen LogP contribution in [0.1, 0.15) is 23.7 Å². The van der Waals surface area contributed by atoms with E-state index in [1.54, 1.807) is 39.2 Å². The second-order valence-corrected chi connectivity index (χ2v) is 4.45. The standard InChI is InChI=1S/C14H21N3O3/c1-4-20-14(19)10-6-5-7-11(13(10)15)16-9-8-12(18)17(2)3/h5-7,16H,4,8-9,15H2,1-3H3. The number of nitrogens with zero attached hydrogens (tertiary/aromatic N) is 1. The van der Waals surface area contributed by atoms with Crippen LogP contribution in [0.5, 0.6) is 0 Å². The third kappa shape index (κ3) is 4.15. The fourth-order valence-electron chi connectivity index (χ4n) is 1.63. The van der Waals surface area contributed by atoms with Gasteiger partial charge in [-0.2, -0.15) is 0 Å². The highest BCUT2D eigenvalue weighted by molar-refractivity contribution is 5.98. The fourth-order valence-corrected chi connectivity index (χ4v) is 1.63. The number of rotatable bonds is 6. The SMILES string of the molecule is CCOC(=O)c1cccc(NCCC(=O)N(C)C)c1N. The minimum atomic E-state index is -0.446. The van der Waals surface area contributed by atoms with Crippen LogP contribution in [-0.4, -0.2) is 44.0 Å². The van der Waals surface area contributed by atoms with Crippen molar-refractivity contribution in [2.45, 2.75) is 13.3 Å². The number of amides is 1. The first-order valence-corrected chi connectivity index (χ1v) is 6.47. The number of hydrogen-bond acceptors (Lipinski definition) is 5. The van der Waals surface area contributed by atoms with Crippen molar-refractivity contribution in [3.8, 4) is 0 Å². The zero-order valence-electron chi connectivity index (χ0n) is 12.1. The molecular weight excluding hydrogens is 258 g/mol. The third-order valence-corrected chi connectivity index (χ3v) is 2.75. The summed E-state index contributed by atoms with van der Waals surface area (Å²) in [5.41, 5.74) is 7.23. The molecule has 0 aromatic heterocycles. The van der Waals surface area contributed by atoms with E-state index in [0.29, 0.717) is 36.5 Å². The van der Waals surface area contributed by atoms with Gasteiger partial charge in [-0.25, -0.2) is 4.79 Å². The van der Waals surface area contributed by atoms with E-state index in [-0.39, 0.29) is 5.91 Å². The molecule has 1 aromatic carbocycles. The largest absolute Gasteiger partial charge is 0.462 e. The lowest BCUT2D eigenvalue weighted by Crippen LogP contribution is -2.24. The molecule has 0 saturated heterocycles. The van der Waals surface area contributed by atoms with Crippen LogP contribution in [0.4, 0.5) is 11.4 Å². The molecule has 0 fully saturated rings. The molecule has 0 bridgehead atoms. The number of ether oxygens (including phenoxy) is 1. The number of nitrogen functional groups attached to an aromatic ring is 1. The molecule has 0 aliphatic heterocycles. The van der Waals surface area contributed by atoms with Crippen molar-refractivity contribution < 1.29 is 14.3 Å². The Morgan fingerprint density at radius 2 is 2.05 bits per heavy atom. The second-order valence-electron chi connectivity index (χ2n) is 4.45. The normalized spacial score (nSPS) is 9.95. The molecule has 0 heterocycles. The average Bonchev–Trinajstić information content (AvgIpc) is 2.40. The van der Waals surface area contributed by atoms with E-state index < -0.39 is 5.97 Å². The molecule has 0 aliphatic rings. The predicted octanol–water partition coefficient (Wildman–Crippen LogP) is 1.34. The highest BCUT2D eigenvalue weighted by Gasteiger charge is 2.13. The molecule has 0 aliphatic carbocycles. The number of carbonyl (C=O) groups excluding carboxylic acids is 2. The molecule has 6 nitrogen and oxygen atoms in total. The molecule has 0 saturated carbocycles. The first-order valence-electron chi connectivity index (χ1n) is 6.47. The van der Waals surface area contributed by atoms with Crippen LogP contribution in [0.2, 0.25) is 0 Å². The Bertz CT molecular complexity index is 487. The van der Waals surface area contributed by atoms with Gasteiger partial charge in [0, 0.05) is 27.1 Å². The molecule has 0 spiro atoms. The molecule has 0 atom stereocenters. The summed E-state index contributed by atoms with van der Waals surface area (Å²) in [7, 11) is 3.41. The van der Waals surface area contributed by atoms with Gasteiger partial charge >= 0.3 is 5.97 Å². The predicted molar refractivity (Wildman–Crippen MR) is 78.6 cm³/mol. The second kappa shape index (κ2) is 7.37. The quantitative estimate of drug-likeness (QED) is 0.606. The fraction of sp³-hybridized carbons (Fsp3) is 0.429. The van der Waals surface area contributed by atoms with Gasteiger partial charge in [-0.1, -0.05) is 6.07 Å². The van der Waals surface area contributed by atoms with Gasteiger partial charge < -0.3 is 20.7 Å². The molecule has 0 radical (unpaired) electrons. The van der Waals surface area contributed by atoms with E-state index in [1.807, 2.05) is 0 Å². The summed E-state index contributed by atoms with van der Waals surface area (Å²) < 4.78 is 4.93. The smallest absolute Gasteiger partial charge is 0.340 e. The summed E-state index contributed by atoms with van der Waals surface area (Å²) >= 11 is 0. The lowest BCUT2D eigenvalue weighted by atomic mass is 10.1. The van der Waals surface area contributed by atoms with Crippen LogP contribution >= 0.6 is 0 Å². The minimum absolute atomic E-state index is 0.0256. The van der Waals surface area contributed by atoms with Crippen molar-refractivity contribution >= 4 is 23.3 Å². The van der Waals surface area contributed by atoms with Crippen LogP contribution in [0, 0.1) is 0 Å². The summed E-state index contributed by atoms with van der Waals surface area (Å²) in [6.07, 6.45) is 0.357. The van der Waals surface area contributed by atoms with Gasteiger partial charge in [-0.15, -0.1) is 0 Å². The van der Waals surface area contributed by atoms with Gasteiger partial charge in [-0.05, 0) is 19.1 Å². The van der Waals surface area contributed by atoms with E-state index in [0.717, 1.165) is 0 Å². The summed E-state index contributed by atoms with van der Waals surface area (Å²) in [4.78, 5) is 24.7. The number of esters is 1. The number of para-hydroxylation sites is 1. The molecule has 20 heavy (non-hydrogen) atoms. The Labute approximate surface area is 118 Å². The van der Waals surface area contributed by atoms with Crippen LogP contribution in [0.3, 0.4) is 0 Å². The van der Waals surface area contributed by atoms with Crippen LogP contribution in [0.25, 0.3) is 0 Å². The molecule has 110 valence electrons. The van der Waals surface area contributed by atoms with Crippen LogP contribution in [0.15, 0.2) is 18.2 Å². The van der Waals surface area contributed by atoms with Gasteiger partial charge in [0.2, 0.25) is 5.91 Å². The number of hydrogen-bond donors (Lipinski definition) is 2. The maximum Gasteiger partial charge on any atom is 0.340 e. The van der Waals surface area contributed by atoms with Crippen molar-refractivity contribution in [2.24, 2.45) is 0 Å². The summed E-state index contributed by atoms with van der Waals surface area (Å²) in [5, 5.41) is 3.06. The molecule has 0 unspecified atom stereocenters. The molecule has 1 aromatic rings. The number of anilines is 2. The first kappa shape index (κ1) is 15.8. The van der Waals surface area contributed by atoms with Gasteiger partial charge in [-0.3, -0.25) is 4.79 Å². The Kier molecular flexibility index (Phi) is 5.83. The maximum atomic E-state index is 11.7. The topological polar surface area (TPSA) is 84.7 Å². The van der Waals surface area contributed by atoms with Crippen LogP contribution < -0.4 is 11.1 Å². The number of benzene rings is 1. The Morgan fingerprint density at radius 3 is 2.65 bits per heavy atom. The van der Waals surface area contributed by atoms with E-state index in [2.05, 4.69) is 5.32 Å². The summed E-state index contributed by atoms with van der Waals surface area (Å²) in [5.74, 6) is -0.421. The van der Waals surface area contributed by atoms with Crippen molar-refractivity contribution in [1.82, 2.24) is 4.90 Å². The van der Waals surface area contributed by atoms with Crippen LogP contribution in [-0.2, 0) is 9.53 Å². The van der Waals surface area contributed by atoms with Crippen molar-refractivity contribution in [1.29, 1.82) is 0 Å². The van der Waals surface area contributed by atoms with Crippen molar-refractivity contribution in [3.05, 3.63) is 23.8 Å². The molecule has 3 N–H and O–H groups in total. The molecular formula is C14H21N3O3. The molecule has 1 rings (SSSR count). The van der Waals surface area contributed by atoms with Crippen molar-refractivity contribution in [3.63, 3.8) is 0 Å². The van der Waals surface area contributed by atoms with Gasteiger partial charge in [0.1, 0.15) is 0 Å². The zero-order chi connectivity index (χ0) is 15.1. The first-order chi connectivity index (χ1) is 9.47. The zero-order valence-corrected chi connectivity index (χ0v) is 12.1. The lowest BCUT2D eigenvalue weighted by molar-refractivity contribution is -0.128. The number of nitrogens with two attached hydrogens (primary N) is 1. The van der Waals surface area contributed by atoms with E-state index in [4.69, 9.17) is 10.5 Å². The third-order valence-electron chi connectivity index (χ3n) is 2.75. The monoisotopic (exact) mass is 279 g/mol. The highest BCUT2D eigenvalue weighted by Crippen LogP contribution is 2.23. The Morgan fingerprint density at radius 1 is 1.35 bits per heavy atom. The number of nitrogens with one attached hydrogen (secondary N) is 1. The van der Waals surface area contributed by atoms with Gasteiger partial charge in [0.15, 0.2) is 0 Å². The van der Waals surface area contributed by atoms with E-state index >= 15 is 0 Å². The molecule has 6 heteroatoms. The van der Waals surface area contributed by atoms with E-state index in [1.165, 1.54) is 4.90 Å². The average molecular weight is 279 g/mol. The Hall–Kier alpha value is -2.24. The summed E-state index contributed by atoms with van der Waals surface area (Å²) in [6, 6.07) is 5.10. The maximum absolute atomic E-state index is 11.7. The van der Waals surface area contributed by atoms with Gasteiger partial charge in [0.25, 0.3) is 0 Å². The number of carbonyl (C=O) groups is 2. The van der Waals surface area contributed by atoms with Crippen molar-refractivity contribution in [2.75, 3.05) is 38.3 Å². The van der Waals surface area contributed by atoms with Gasteiger partial charge in [0.05, 0.1) is 23.5 Å². The minimum Gasteiger partial charge on any atom is -0.462 e. The molecule has 1 amide bonds. The summed E-state index contributed by atoms with van der Waals surface area (Å²) in [6.45, 7) is 2.49. The van der Waals surface area contributed by atoms with E-state index in [9.17, 15) is 9.59 Å². The highest BCUT2D eigenvalue weighted by atomic mass is 16.5. The lowest BCUT2D eigenvalue weighted by Gasteiger charge is -2.14.